The summed E-state index contributed by atoms with van der Waals surface area (Å²) < 4.78 is 5.58. The molecule has 0 spiro atoms. The topological polar surface area (TPSA) is 67.6 Å². The van der Waals surface area contributed by atoms with E-state index < -0.39 is 5.54 Å². The molecule has 0 aliphatic heterocycles. The first-order chi connectivity index (χ1) is 8.99. The van der Waals surface area contributed by atoms with E-state index in [1.807, 2.05) is 38.4 Å². The fourth-order valence-electron chi connectivity index (χ4n) is 1.60. The van der Waals surface area contributed by atoms with Crippen molar-refractivity contribution in [3.05, 3.63) is 24.3 Å². The molecule has 0 aromatic heterocycles. The van der Waals surface area contributed by atoms with Crippen molar-refractivity contribution in [3.8, 4) is 5.75 Å². The van der Waals surface area contributed by atoms with Crippen LogP contribution in [0, 0.1) is 0 Å². The van der Waals surface area contributed by atoms with Gasteiger partial charge < -0.3 is 20.7 Å². The fourth-order valence-corrected chi connectivity index (χ4v) is 1.60. The van der Waals surface area contributed by atoms with Crippen LogP contribution in [0.25, 0.3) is 0 Å². The highest BCUT2D eigenvalue weighted by Gasteiger charge is 2.45. The monoisotopic (exact) mass is 263 g/mol. The summed E-state index contributed by atoms with van der Waals surface area (Å²) in [5, 5.41) is 2.82. The molecule has 104 valence electrons. The molecule has 5 heteroatoms. The van der Waals surface area contributed by atoms with Gasteiger partial charge in [0.2, 0.25) is 5.91 Å². The highest BCUT2D eigenvalue weighted by atomic mass is 16.5. The predicted molar refractivity (Wildman–Crippen MR) is 75.3 cm³/mol. The molecule has 1 aliphatic carbocycles. The molecule has 1 amide bonds. The van der Waals surface area contributed by atoms with Crippen molar-refractivity contribution < 1.29 is 9.53 Å². The highest BCUT2D eigenvalue weighted by molar-refractivity contribution is 6.00. The minimum Gasteiger partial charge on any atom is -0.492 e. The molecule has 0 radical (unpaired) electrons. The van der Waals surface area contributed by atoms with E-state index in [2.05, 4.69) is 10.2 Å². The molecule has 0 atom stereocenters. The molecule has 3 N–H and O–H groups in total. The second kappa shape index (κ2) is 5.59. The number of amides is 1. The van der Waals surface area contributed by atoms with Gasteiger partial charge in [0, 0.05) is 12.2 Å². The summed E-state index contributed by atoms with van der Waals surface area (Å²) in [6.07, 6.45) is 1.54. The first-order valence-corrected chi connectivity index (χ1v) is 6.47. The van der Waals surface area contributed by atoms with E-state index in [9.17, 15) is 4.79 Å². The average molecular weight is 263 g/mol. The predicted octanol–water partition coefficient (Wildman–Crippen LogP) is 1.06. The van der Waals surface area contributed by atoms with Gasteiger partial charge in [-0.2, -0.15) is 0 Å². The Morgan fingerprint density at radius 2 is 2.00 bits per heavy atom. The number of nitrogens with one attached hydrogen (secondary N) is 1. The first-order valence-electron chi connectivity index (χ1n) is 6.47. The van der Waals surface area contributed by atoms with Crippen molar-refractivity contribution in [2.24, 2.45) is 5.73 Å². The molecule has 1 saturated carbocycles. The minimum atomic E-state index is -0.638. The minimum absolute atomic E-state index is 0.103. The zero-order valence-electron chi connectivity index (χ0n) is 11.5. The molecule has 0 unspecified atom stereocenters. The third kappa shape index (κ3) is 3.94. The van der Waals surface area contributed by atoms with Gasteiger partial charge in [-0.1, -0.05) is 0 Å². The molecule has 5 nitrogen and oxygen atoms in total. The van der Waals surface area contributed by atoms with Crippen molar-refractivity contribution in [1.82, 2.24) is 4.90 Å². The normalized spacial score (nSPS) is 16.2. The molecule has 2 rings (SSSR count). The average Bonchev–Trinajstić information content (AvgIpc) is 3.10. The number of likely N-dealkylation sites (N-methyl/N-ethyl adjacent to an activating group) is 1. The van der Waals surface area contributed by atoms with Crippen LogP contribution < -0.4 is 15.8 Å². The molecule has 1 fully saturated rings. The van der Waals surface area contributed by atoms with E-state index in [1.54, 1.807) is 0 Å². The van der Waals surface area contributed by atoms with E-state index in [-0.39, 0.29) is 5.91 Å². The van der Waals surface area contributed by atoms with Gasteiger partial charge in [-0.25, -0.2) is 0 Å². The van der Waals surface area contributed by atoms with Gasteiger partial charge in [0.05, 0.1) is 5.54 Å². The fraction of sp³-hybridized carbons (Fsp3) is 0.500. The number of carbonyl (C=O) groups is 1. The Balaban J connectivity index is 1.82. The second-order valence-electron chi connectivity index (χ2n) is 5.29. The largest absolute Gasteiger partial charge is 0.492 e. The van der Waals surface area contributed by atoms with Crippen LogP contribution in [-0.4, -0.2) is 43.6 Å². The summed E-state index contributed by atoms with van der Waals surface area (Å²) in [7, 11) is 4.01. The number of benzene rings is 1. The van der Waals surface area contributed by atoms with Gasteiger partial charge in [0.15, 0.2) is 0 Å². The number of nitrogens with zero attached hydrogens (tertiary/aromatic N) is 1. The van der Waals surface area contributed by atoms with Crippen molar-refractivity contribution >= 4 is 11.6 Å². The molecule has 1 aromatic rings. The van der Waals surface area contributed by atoms with Crippen LogP contribution >= 0.6 is 0 Å². The quantitative estimate of drug-likeness (QED) is 0.805. The van der Waals surface area contributed by atoms with Crippen LogP contribution in [0.15, 0.2) is 24.3 Å². The maximum atomic E-state index is 11.8. The van der Waals surface area contributed by atoms with Crippen LogP contribution in [0.2, 0.25) is 0 Å². The number of ether oxygens (including phenoxy) is 1. The summed E-state index contributed by atoms with van der Waals surface area (Å²) in [4.78, 5) is 13.8. The van der Waals surface area contributed by atoms with Crippen LogP contribution in [0.1, 0.15) is 12.8 Å². The Hall–Kier alpha value is -1.59. The number of rotatable bonds is 6. The van der Waals surface area contributed by atoms with Crippen LogP contribution in [0.4, 0.5) is 5.69 Å². The Bertz CT molecular complexity index is 439. The van der Waals surface area contributed by atoms with Gasteiger partial charge in [-0.15, -0.1) is 0 Å². The Morgan fingerprint density at radius 1 is 1.37 bits per heavy atom. The number of anilines is 1. The summed E-state index contributed by atoms with van der Waals surface area (Å²) in [5.74, 6) is 0.697. The SMILES string of the molecule is CN(C)CCOc1ccc(NC(=O)C2(N)CC2)cc1. The number of hydrogen-bond donors (Lipinski definition) is 2. The van der Waals surface area contributed by atoms with Crippen molar-refractivity contribution in [2.45, 2.75) is 18.4 Å². The molecule has 19 heavy (non-hydrogen) atoms. The van der Waals surface area contributed by atoms with Gasteiger partial charge in [0.25, 0.3) is 0 Å². The maximum Gasteiger partial charge on any atom is 0.244 e. The third-order valence-electron chi connectivity index (χ3n) is 3.16. The van der Waals surface area contributed by atoms with Crippen LogP contribution in [0.5, 0.6) is 5.75 Å². The zero-order chi connectivity index (χ0) is 13.9. The maximum absolute atomic E-state index is 11.8. The summed E-state index contributed by atoms with van der Waals surface area (Å²) in [6.45, 7) is 1.51. The van der Waals surface area contributed by atoms with Crippen LogP contribution in [-0.2, 0) is 4.79 Å². The zero-order valence-corrected chi connectivity index (χ0v) is 11.5. The molecule has 0 saturated heterocycles. The van der Waals surface area contributed by atoms with E-state index in [0.717, 1.165) is 30.8 Å². The summed E-state index contributed by atoms with van der Waals surface area (Å²) in [5.41, 5.74) is 5.93. The molecule has 1 aromatic carbocycles. The third-order valence-corrected chi connectivity index (χ3v) is 3.16. The van der Waals surface area contributed by atoms with Gasteiger partial charge >= 0.3 is 0 Å². The molecule has 0 heterocycles. The smallest absolute Gasteiger partial charge is 0.244 e. The second-order valence-corrected chi connectivity index (χ2v) is 5.29. The standard InChI is InChI=1S/C14H21N3O2/c1-17(2)9-10-19-12-5-3-11(4-6-12)16-13(18)14(15)7-8-14/h3-6H,7-10,15H2,1-2H3,(H,16,18). The van der Waals surface area contributed by atoms with Gasteiger partial charge in [0.1, 0.15) is 12.4 Å². The number of nitrogens with two attached hydrogens (primary N) is 1. The van der Waals surface area contributed by atoms with Crippen LogP contribution in [0.3, 0.4) is 0 Å². The van der Waals surface area contributed by atoms with E-state index >= 15 is 0 Å². The lowest BCUT2D eigenvalue weighted by Gasteiger charge is -2.12. The Kier molecular flexibility index (Phi) is 4.07. The Labute approximate surface area is 113 Å². The summed E-state index contributed by atoms with van der Waals surface area (Å²) >= 11 is 0. The van der Waals surface area contributed by atoms with E-state index in [1.165, 1.54) is 0 Å². The lowest BCUT2D eigenvalue weighted by molar-refractivity contribution is -0.118. The van der Waals surface area contributed by atoms with Crippen molar-refractivity contribution in [2.75, 3.05) is 32.6 Å². The van der Waals surface area contributed by atoms with E-state index in [0.29, 0.717) is 6.61 Å². The molecule has 0 bridgehead atoms. The highest BCUT2D eigenvalue weighted by Crippen LogP contribution is 2.33. The van der Waals surface area contributed by atoms with Crippen molar-refractivity contribution in [1.29, 1.82) is 0 Å². The number of carbonyl (C=O) groups excluding carboxylic acids is 1. The molecule has 1 aliphatic rings. The van der Waals surface area contributed by atoms with E-state index in [4.69, 9.17) is 10.5 Å². The number of hydrogen-bond acceptors (Lipinski definition) is 4. The summed E-state index contributed by atoms with van der Waals surface area (Å²) in [6, 6.07) is 7.35. The lowest BCUT2D eigenvalue weighted by atomic mass is 10.2. The molecular weight excluding hydrogens is 242 g/mol. The van der Waals surface area contributed by atoms with Crippen molar-refractivity contribution in [3.63, 3.8) is 0 Å². The molecular formula is C14H21N3O2. The Morgan fingerprint density at radius 3 is 2.53 bits per heavy atom. The lowest BCUT2D eigenvalue weighted by Crippen LogP contribution is -2.37. The first kappa shape index (κ1) is 13.8. The van der Waals surface area contributed by atoms with Gasteiger partial charge in [-0.3, -0.25) is 4.79 Å². The van der Waals surface area contributed by atoms with Gasteiger partial charge in [-0.05, 0) is 51.2 Å².